The van der Waals surface area contributed by atoms with Crippen LogP contribution in [0.3, 0.4) is 0 Å². The van der Waals surface area contributed by atoms with Crippen molar-refractivity contribution in [1.29, 1.82) is 0 Å². The first-order valence-corrected chi connectivity index (χ1v) is 8.09. The summed E-state index contributed by atoms with van der Waals surface area (Å²) in [4.78, 5) is 32.4. The molecule has 1 aromatic carbocycles. The maximum Gasteiger partial charge on any atom is 0.305 e. The van der Waals surface area contributed by atoms with Gasteiger partial charge in [-0.25, -0.2) is 0 Å². The second-order valence-electron chi connectivity index (χ2n) is 4.78. The third kappa shape index (κ3) is 4.67. The Hall–Kier alpha value is -2.66. The molecule has 0 radical (unpaired) electrons. The number of aliphatic carboxylic acids is 1. The van der Waals surface area contributed by atoms with Gasteiger partial charge in [0.25, 0.3) is 5.69 Å². The van der Waals surface area contributed by atoms with Crippen LogP contribution in [0.2, 0.25) is 0 Å². The van der Waals surface area contributed by atoms with Gasteiger partial charge in [0.1, 0.15) is 11.0 Å². The lowest BCUT2D eigenvalue weighted by Crippen LogP contribution is -2.26. The summed E-state index contributed by atoms with van der Waals surface area (Å²) in [5, 5.41) is 38.6. The number of nitrogens with zero attached hydrogens (tertiary/aromatic N) is 3. The summed E-state index contributed by atoms with van der Waals surface area (Å²) >= 11 is 6.54. The number of carbonyl (C=O) groups excluding carboxylic acids is 1. The molecule has 0 aliphatic carbocycles. The van der Waals surface area contributed by atoms with E-state index in [0.29, 0.717) is 0 Å². The van der Waals surface area contributed by atoms with E-state index in [1.807, 2.05) is 0 Å². The summed E-state index contributed by atoms with van der Waals surface area (Å²) in [6, 6.07) is 2.25. The number of alkyl halides is 1. The number of benzene rings is 1. The molecule has 25 heavy (non-hydrogen) atoms. The van der Waals surface area contributed by atoms with Gasteiger partial charge in [-0.2, -0.15) is 5.10 Å². The average Bonchev–Trinajstić information content (AvgIpc) is 2.87. The molecule has 0 saturated carbocycles. The fourth-order valence-electron chi connectivity index (χ4n) is 1.90. The van der Waals surface area contributed by atoms with Gasteiger partial charge in [-0.15, -0.1) is 16.7 Å². The first kappa shape index (κ1) is 18.7. The monoisotopic (exact) mass is 386 g/mol. The molecule has 0 spiro atoms. The highest BCUT2D eigenvalue weighted by molar-refractivity contribution is 8.15. The number of hydrogen-bond donors (Lipinski definition) is 3. The molecule has 3 N–H and O–H groups in total. The summed E-state index contributed by atoms with van der Waals surface area (Å²) in [5.74, 6) is -2.01. The molecule has 2 rings (SSSR count). The number of amidine groups is 1. The van der Waals surface area contributed by atoms with Crippen molar-refractivity contribution >= 4 is 52.3 Å². The van der Waals surface area contributed by atoms with E-state index in [9.17, 15) is 24.8 Å². The number of amides is 1. The van der Waals surface area contributed by atoms with Gasteiger partial charge >= 0.3 is 5.97 Å². The van der Waals surface area contributed by atoms with Crippen molar-refractivity contribution in [2.24, 2.45) is 10.2 Å². The minimum atomic E-state index is -1.12. The third-order valence-electron chi connectivity index (χ3n) is 3.04. The molecule has 1 aliphatic heterocycles. The number of aromatic hydroxyl groups is 1. The Morgan fingerprint density at radius 3 is 2.84 bits per heavy atom. The lowest BCUT2D eigenvalue weighted by atomic mass is 10.1. The molecule has 1 aromatic rings. The highest BCUT2D eigenvalue weighted by Gasteiger charge is 2.32. The van der Waals surface area contributed by atoms with E-state index in [4.69, 9.17) is 16.7 Å². The highest BCUT2D eigenvalue weighted by Crippen LogP contribution is 2.28. The predicted octanol–water partition coefficient (Wildman–Crippen LogP) is 1.44. The van der Waals surface area contributed by atoms with Gasteiger partial charge in [-0.3, -0.25) is 19.7 Å². The molecule has 0 aromatic heterocycles. The van der Waals surface area contributed by atoms with Crippen LogP contribution in [0.15, 0.2) is 22.3 Å². The Morgan fingerprint density at radius 2 is 2.24 bits per heavy atom. The third-order valence-corrected chi connectivity index (χ3v) is 4.40. The van der Waals surface area contributed by atoms with Crippen LogP contribution in [0, 0.1) is 10.1 Å². The molecule has 1 fully saturated rings. The number of nitrogens with one attached hydrogen (secondary N) is 1. The fourth-order valence-corrected chi connectivity index (χ4v) is 3.01. The zero-order valence-corrected chi connectivity index (χ0v) is 14.0. The first-order valence-electron chi connectivity index (χ1n) is 6.68. The number of non-ortho nitro benzene ring substituents is 1. The van der Waals surface area contributed by atoms with E-state index < -0.39 is 22.0 Å². The highest BCUT2D eigenvalue weighted by atomic mass is 35.5. The fraction of sp³-hybridized carbons (Fsp3) is 0.231. The van der Waals surface area contributed by atoms with Gasteiger partial charge in [0, 0.05) is 23.3 Å². The van der Waals surface area contributed by atoms with Gasteiger partial charge < -0.3 is 15.5 Å². The number of rotatable bonds is 6. The molecule has 1 aliphatic rings. The number of hydrogen-bond acceptors (Lipinski definition) is 8. The van der Waals surface area contributed by atoms with Crippen molar-refractivity contribution < 1.29 is 24.7 Å². The average molecular weight is 387 g/mol. The molecule has 1 saturated heterocycles. The molecular formula is C13H11ClN4O6S. The number of carboxylic acid groups (broad SMARTS) is 1. The van der Waals surface area contributed by atoms with Gasteiger partial charge in [-0.05, 0) is 0 Å². The smallest absolute Gasteiger partial charge is 0.305 e. The van der Waals surface area contributed by atoms with Crippen molar-refractivity contribution in [2.45, 2.75) is 17.6 Å². The number of thioether (sulfide) groups is 1. The normalized spacial score (nSPS) is 18.7. The molecule has 1 amide bonds. The Balaban J connectivity index is 2.19. The van der Waals surface area contributed by atoms with Crippen molar-refractivity contribution in [1.82, 2.24) is 5.32 Å². The lowest BCUT2D eigenvalue weighted by Gasteiger charge is -2.04. The quantitative estimate of drug-likeness (QED) is 0.289. The summed E-state index contributed by atoms with van der Waals surface area (Å²) in [6.45, 7) is 0. The Labute approximate surface area is 149 Å². The van der Waals surface area contributed by atoms with E-state index in [1.54, 1.807) is 0 Å². The van der Waals surface area contributed by atoms with E-state index in [2.05, 4.69) is 15.5 Å². The van der Waals surface area contributed by atoms with E-state index >= 15 is 0 Å². The van der Waals surface area contributed by atoms with Crippen molar-refractivity contribution in [2.75, 3.05) is 0 Å². The second-order valence-corrected chi connectivity index (χ2v) is 6.24. The molecule has 12 heteroatoms. The maximum absolute atomic E-state index is 11.6. The number of halogens is 1. The van der Waals surface area contributed by atoms with Crippen LogP contribution in [0.1, 0.15) is 17.5 Å². The SMILES string of the molecule is O=C(O)CC1SC(=NN=Cc2cc([N+](=O)[O-])cc(CCl)c2O)NC1=O. The Kier molecular flexibility index (Phi) is 5.93. The van der Waals surface area contributed by atoms with E-state index in [1.165, 1.54) is 0 Å². The summed E-state index contributed by atoms with van der Waals surface area (Å²) in [6.07, 6.45) is 0.715. The summed E-state index contributed by atoms with van der Waals surface area (Å²) in [7, 11) is 0. The predicted molar refractivity (Wildman–Crippen MR) is 91.1 cm³/mol. The van der Waals surface area contributed by atoms with E-state index in [-0.39, 0.29) is 40.0 Å². The van der Waals surface area contributed by atoms with Crippen LogP contribution in [-0.4, -0.2) is 43.6 Å². The molecule has 10 nitrogen and oxygen atoms in total. The number of phenols is 1. The molecule has 1 atom stereocenters. The van der Waals surface area contributed by atoms with Crippen LogP contribution < -0.4 is 5.32 Å². The van der Waals surface area contributed by atoms with Crippen molar-refractivity contribution in [3.63, 3.8) is 0 Å². The minimum Gasteiger partial charge on any atom is -0.507 e. The zero-order valence-electron chi connectivity index (χ0n) is 12.4. The number of nitro groups is 1. The second kappa shape index (κ2) is 7.94. The summed E-state index contributed by atoms with van der Waals surface area (Å²) in [5.41, 5.74) is -0.0757. The first-order chi connectivity index (χ1) is 11.8. The van der Waals surface area contributed by atoms with Gasteiger partial charge in [0.2, 0.25) is 5.91 Å². The minimum absolute atomic E-state index is 0.0330. The number of carbonyl (C=O) groups is 2. The van der Waals surface area contributed by atoms with Crippen molar-refractivity contribution in [3.8, 4) is 5.75 Å². The Morgan fingerprint density at radius 1 is 1.52 bits per heavy atom. The van der Waals surface area contributed by atoms with Gasteiger partial charge in [-0.1, -0.05) is 11.8 Å². The number of carboxylic acids is 1. The molecule has 132 valence electrons. The molecule has 1 heterocycles. The molecule has 1 unspecified atom stereocenters. The van der Waals surface area contributed by atoms with E-state index in [0.717, 1.165) is 30.1 Å². The Bertz CT molecular complexity index is 797. The standard InChI is InChI=1S/C13H11ClN4O6S/c14-4-6-1-8(18(23)24)2-7(11(6)21)5-15-17-13-16-12(22)9(25-13)3-10(19)20/h1-2,5,9,21H,3-4H2,(H,19,20)(H,16,17,22). The van der Waals surface area contributed by atoms with Crippen molar-refractivity contribution in [3.05, 3.63) is 33.4 Å². The largest absolute Gasteiger partial charge is 0.507 e. The zero-order chi connectivity index (χ0) is 18.6. The van der Waals surface area contributed by atoms with Crippen LogP contribution in [-0.2, 0) is 15.5 Å². The lowest BCUT2D eigenvalue weighted by molar-refractivity contribution is -0.384. The van der Waals surface area contributed by atoms with Crippen LogP contribution in [0.4, 0.5) is 5.69 Å². The van der Waals surface area contributed by atoms with Gasteiger partial charge in [0.15, 0.2) is 5.17 Å². The topological polar surface area (TPSA) is 154 Å². The van der Waals surface area contributed by atoms with Crippen LogP contribution in [0.25, 0.3) is 0 Å². The number of phenolic OH excluding ortho intramolecular Hbond substituents is 1. The van der Waals surface area contributed by atoms with Crippen LogP contribution >= 0.6 is 23.4 Å². The maximum atomic E-state index is 11.6. The van der Waals surface area contributed by atoms with Crippen LogP contribution in [0.5, 0.6) is 5.75 Å². The van der Waals surface area contributed by atoms with Gasteiger partial charge in [0.05, 0.1) is 23.4 Å². The number of nitro benzene ring substituents is 1. The molecular weight excluding hydrogens is 376 g/mol. The molecule has 0 bridgehead atoms. The summed E-state index contributed by atoms with van der Waals surface area (Å²) < 4.78 is 0.